The van der Waals surface area contributed by atoms with Crippen LogP contribution in [0.1, 0.15) is 66.0 Å². The number of hydrogen-bond acceptors (Lipinski definition) is 4. The van der Waals surface area contributed by atoms with Crippen LogP contribution in [-0.2, 0) is 14.0 Å². The van der Waals surface area contributed by atoms with Gasteiger partial charge in [-0.1, -0.05) is 54.5 Å². The van der Waals surface area contributed by atoms with Gasteiger partial charge in [-0.05, 0) is 59.9 Å². The Kier molecular flexibility index (Phi) is 8.11. The topological polar surface area (TPSA) is 56.8 Å². The van der Waals surface area contributed by atoms with E-state index in [1.165, 1.54) is 0 Å². The maximum Gasteiger partial charge on any atom is 0.486 e. The molecular formula is C23H34BNO4. The molecule has 0 spiro atoms. The number of hydrogen-bond donors (Lipinski definition) is 1. The van der Waals surface area contributed by atoms with Crippen molar-refractivity contribution in [3.63, 3.8) is 0 Å². The summed E-state index contributed by atoms with van der Waals surface area (Å²) >= 11 is 0. The molecule has 0 bridgehead atoms. The monoisotopic (exact) mass is 399 g/mol. The number of rotatable bonds is 6. The number of nitrogens with one attached hydrogen (secondary N) is 1. The van der Waals surface area contributed by atoms with Gasteiger partial charge < -0.3 is 19.4 Å². The number of carbonyl (C=O) groups excluding carboxylic acids is 1. The molecular weight excluding hydrogens is 365 g/mol. The van der Waals surface area contributed by atoms with E-state index in [2.05, 4.69) is 26.1 Å². The van der Waals surface area contributed by atoms with Crippen molar-refractivity contribution in [2.45, 2.75) is 77.7 Å². The molecule has 1 N–H and O–H groups in total. The van der Waals surface area contributed by atoms with Gasteiger partial charge in [-0.25, -0.2) is 4.79 Å². The highest BCUT2D eigenvalue weighted by molar-refractivity contribution is 6.51. The van der Waals surface area contributed by atoms with Crippen molar-refractivity contribution >= 4 is 13.2 Å². The van der Waals surface area contributed by atoms with E-state index >= 15 is 0 Å². The predicted molar refractivity (Wildman–Crippen MR) is 118 cm³/mol. The standard InChI is InChI=1S/C23H34BNO4/c1-18-17-23(5,6)29-24(28-18)16-12-8-11-15-20(19-13-9-7-10-14-19)25-21(26)27-22(2,3)4/h7-14,16,18,20H,15,17H2,1-6H3,(H,25,26)/b11-8-,16-12+/t18?,20-/m1/s1. The number of ether oxygens (including phenoxy) is 1. The van der Waals surface area contributed by atoms with Crippen LogP contribution in [0.15, 0.2) is 54.5 Å². The lowest BCUT2D eigenvalue weighted by atomic mass is 9.82. The van der Waals surface area contributed by atoms with E-state index in [-0.39, 0.29) is 24.9 Å². The van der Waals surface area contributed by atoms with Crippen LogP contribution in [0.5, 0.6) is 0 Å². The molecule has 2 atom stereocenters. The second-order valence-electron chi connectivity index (χ2n) is 9.06. The Hall–Kier alpha value is -2.05. The van der Waals surface area contributed by atoms with Gasteiger partial charge in [-0.3, -0.25) is 0 Å². The minimum Gasteiger partial charge on any atom is -0.444 e. The van der Waals surface area contributed by atoms with E-state index in [0.29, 0.717) is 6.42 Å². The Bertz CT molecular complexity index is 709. The molecule has 1 aromatic rings. The molecule has 1 heterocycles. The SMILES string of the molecule is CC1CC(C)(C)OB(/C=C/C=C\C[C@@H](NC(=O)OC(C)(C)C)c2ccccc2)O1. The first-order valence-electron chi connectivity index (χ1n) is 10.3. The van der Waals surface area contributed by atoms with Crippen molar-refractivity contribution in [3.05, 3.63) is 60.1 Å². The quantitative estimate of drug-likeness (QED) is 0.515. The highest BCUT2D eigenvalue weighted by atomic mass is 16.6. The van der Waals surface area contributed by atoms with Gasteiger partial charge >= 0.3 is 13.2 Å². The highest BCUT2D eigenvalue weighted by Gasteiger charge is 2.35. The van der Waals surface area contributed by atoms with E-state index in [1.807, 2.05) is 75.3 Å². The van der Waals surface area contributed by atoms with E-state index < -0.39 is 11.7 Å². The number of carbonyl (C=O) groups is 1. The molecule has 158 valence electrons. The third-order valence-electron chi connectivity index (χ3n) is 4.36. The second kappa shape index (κ2) is 10.1. The Morgan fingerprint density at radius 2 is 2.00 bits per heavy atom. The van der Waals surface area contributed by atoms with Crippen LogP contribution < -0.4 is 5.32 Å². The minimum absolute atomic E-state index is 0.165. The fraction of sp³-hybridized carbons (Fsp3) is 0.522. The van der Waals surface area contributed by atoms with Crippen LogP contribution in [0.4, 0.5) is 4.79 Å². The number of alkyl carbamates (subject to hydrolysis) is 1. The van der Waals surface area contributed by atoms with Gasteiger partial charge in [-0.15, -0.1) is 0 Å². The second-order valence-corrected chi connectivity index (χ2v) is 9.06. The fourth-order valence-electron chi connectivity index (χ4n) is 3.31. The summed E-state index contributed by atoms with van der Waals surface area (Å²) in [6, 6.07) is 9.71. The molecule has 1 saturated heterocycles. The van der Waals surface area contributed by atoms with Gasteiger partial charge in [0.1, 0.15) is 5.60 Å². The molecule has 0 radical (unpaired) electrons. The van der Waals surface area contributed by atoms with Gasteiger partial charge in [0.05, 0.1) is 11.6 Å². The largest absolute Gasteiger partial charge is 0.486 e. The number of allylic oxidation sites excluding steroid dienone is 2. The molecule has 1 fully saturated rings. The van der Waals surface area contributed by atoms with Gasteiger partial charge in [0.2, 0.25) is 0 Å². The third kappa shape index (κ3) is 8.88. The third-order valence-corrected chi connectivity index (χ3v) is 4.36. The molecule has 1 aliphatic heterocycles. The van der Waals surface area contributed by atoms with Gasteiger partial charge in [0, 0.05) is 6.10 Å². The van der Waals surface area contributed by atoms with Crippen molar-refractivity contribution in [2.75, 3.05) is 0 Å². The van der Waals surface area contributed by atoms with Crippen molar-refractivity contribution < 1.29 is 18.8 Å². The van der Waals surface area contributed by atoms with Crippen LogP contribution in [-0.4, -0.2) is 30.5 Å². The first-order valence-corrected chi connectivity index (χ1v) is 10.3. The van der Waals surface area contributed by atoms with E-state index in [9.17, 15) is 4.79 Å². The summed E-state index contributed by atoms with van der Waals surface area (Å²) < 4.78 is 17.1. The summed E-state index contributed by atoms with van der Waals surface area (Å²) in [5.74, 6) is 1.91. The Morgan fingerprint density at radius 3 is 2.62 bits per heavy atom. The molecule has 6 heteroatoms. The molecule has 1 amide bonds. The van der Waals surface area contributed by atoms with Crippen molar-refractivity contribution in [1.29, 1.82) is 0 Å². The summed E-state index contributed by atoms with van der Waals surface area (Å²) in [6.07, 6.45) is 7.15. The molecule has 0 aliphatic carbocycles. The van der Waals surface area contributed by atoms with Crippen molar-refractivity contribution in [3.8, 4) is 0 Å². The highest BCUT2D eigenvalue weighted by Crippen LogP contribution is 2.26. The summed E-state index contributed by atoms with van der Waals surface area (Å²) in [7, 11) is -0.344. The minimum atomic E-state index is -0.533. The predicted octanol–water partition coefficient (Wildman–Crippen LogP) is 5.39. The molecule has 2 rings (SSSR count). The molecule has 1 aromatic carbocycles. The van der Waals surface area contributed by atoms with Gasteiger partial charge in [-0.2, -0.15) is 0 Å². The smallest absolute Gasteiger partial charge is 0.444 e. The van der Waals surface area contributed by atoms with Gasteiger partial charge in [0.15, 0.2) is 0 Å². The Balaban J connectivity index is 1.95. The zero-order valence-corrected chi connectivity index (χ0v) is 18.5. The fourth-order valence-corrected chi connectivity index (χ4v) is 3.31. The lowest BCUT2D eigenvalue weighted by Gasteiger charge is -2.37. The average molecular weight is 399 g/mol. The first-order chi connectivity index (χ1) is 13.5. The van der Waals surface area contributed by atoms with Crippen LogP contribution in [0.25, 0.3) is 0 Å². The van der Waals surface area contributed by atoms with E-state index in [1.54, 1.807) is 0 Å². The normalized spacial score (nSPS) is 20.8. The number of amides is 1. The van der Waals surface area contributed by atoms with Crippen LogP contribution >= 0.6 is 0 Å². The summed E-state index contributed by atoms with van der Waals surface area (Å²) in [4.78, 5) is 12.2. The first kappa shape index (κ1) is 23.2. The van der Waals surface area contributed by atoms with E-state index in [4.69, 9.17) is 14.0 Å². The molecule has 29 heavy (non-hydrogen) atoms. The molecule has 0 saturated carbocycles. The molecule has 1 aliphatic rings. The molecule has 1 unspecified atom stereocenters. The van der Waals surface area contributed by atoms with Gasteiger partial charge in [0.25, 0.3) is 0 Å². The zero-order chi connectivity index (χ0) is 21.5. The van der Waals surface area contributed by atoms with Crippen molar-refractivity contribution in [2.24, 2.45) is 0 Å². The van der Waals surface area contributed by atoms with Crippen LogP contribution in [0, 0.1) is 0 Å². The average Bonchev–Trinajstić information content (AvgIpc) is 2.58. The Labute approximate surface area is 175 Å². The summed E-state index contributed by atoms with van der Waals surface area (Å²) in [5.41, 5.74) is 0.308. The van der Waals surface area contributed by atoms with Crippen LogP contribution in [0.2, 0.25) is 0 Å². The van der Waals surface area contributed by atoms with Crippen LogP contribution in [0.3, 0.4) is 0 Å². The zero-order valence-electron chi connectivity index (χ0n) is 18.5. The maximum atomic E-state index is 12.2. The summed E-state index contributed by atoms with van der Waals surface area (Å²) in [5, 5.41) is 2.96. The number of benzene rings is 1. The van der Waals surface area contributed by atoms with E-state index in [0.717, 1.165) is 12.0 Å². The lowest BCUT2D eigenvalue weighted by molar-refractivity contribution is -0.0236. The summed E-state index contributed by atoms with van der Waals surface area (Å²) in [6.45, 7) is 11.8. The van der Waals surface area contributed by atoms with Crippen molar-refractivity contribution in [1.82, 2.24) is 5.32 Å². The molecule has 0 aromatic heterocycles. The lowest BCUT2D eigenvalue weighted by Crippen LogP contribution is -2.45. The molecule has 5 nitrogen and oxygen atoms in total. The maximum absolute atomic E-state index is 12.2. The Morgan fingerprint density at radius 1 is 1.31 bits per heavy atom.